The lowest BCUT2D eigenvalue weighted by molar-refractivity contribution is 0.130. The van der Waals surface area contributed by atoms with Crippen LogP contribution in [0.4, 0.5) is 0 Å². The maximum Gasteiger partial charge on any atom is 0.0110 e. The van der Waals surface area contributed by atoms with E-state index in [1.807, 2.05) is 0 Å². The fraction of sp³-hybridized carbons (Fsp3) is 0.846. The van der Waals surface area contributed by atoms with Gasteiger partial charge in [-0.05, 0) is 37.6 Å². The predicted molar refractivity (Wildman–Crippen MR) is 62.8 cm³/mol. The lowest BCUT2D eigenvalue weighted by Crippen LogP contribution is -2.46. The minimum atomic E-state index is 0.926. The van der Waals surface area contributed by atoms with Crippen molar-refractivity contribution in [3.63, 3.8) is 0 Å². The van der Waals surface area contributed by atoms with Gasteiger partial charge in [0, 0.05) is 32.7 Å². The molecule has 1 aliphatic heterocycles. The van der Waals surface area contributed by atoms with Gasteiger partial charge >= 0.3 is 0 Å². The molecular formula is C13H22N2. The minimum Gasteiger partial charge on any atom is -0.304 e. The van der Waals surface area contributed by atoms with Crippen LogP contribution in [0.25, 0.3) is 0 Å². The van der Waals surface area contributed by atoms with Crippen molar-refractivity contribution >= 4 is 0 Å². The zero-order valence-corrected chi connectivity index (χ0v) is 9.73. The average molecular weight is 206 g/mol. The Balaban J connectivity index is 1.51. The molecule has 3 aliphatic rings. The first-order valence-corrected chi connectivity index (χ1v) is 6.40. The highest BCUT2D eigenvalue weighted by Gasteiger charge is 2.36. The summed E-state index contributed by atoms with van der Waals surface area (Å²) in [7, 11) is 2.23. The lowest BCUT2D eigenvalue weighted by Gasteiger charge is -2.35. The molecule has 0 unspecified atom stereocenters. The molecule has 1 saturated carbocycles. The molecule has 0 amide bonds. The normalized spacial score (nSPS) is 41.5. The van der Waals surface area contributed by atoms with Gasteiger partial charge < -0.3 is 9.80 Å². The highest BCUT2D eigenvalue weighted by atomic mass is 15.2. The number of likely N-dealkylation sites (N-methyl/N-ethyl adjacent to an activating group) is 1. The highest BCUT2D eigenvalue weighted by molar-refractivity contribution is 5.10. The van der Waals surface area contributed by atoms with Gasteiger partial charge in [0.25, 0.3) is 0 Å². The third-order valence-electron chi connectivity index (χ3n) is 4.50. The number of allylic oxidation sites excluding steroid dienone is 2. The van der Waals surface area contributed by atoms with Crippen LogP contribution in [0.5, 0.6) is 0 Å². The van der Waals surface area contributed by atoms with Crippen molar-refractivity contribution in [1.82, 2.24) is 9.80 Å². The summed E-state index contributed by atoms with van der Waals surface area (Å²) in [6, 6.07) is 0. The van der Waals surface area contributed by atoms with E-state index in [0.29, 0.717) is 0 Å². The molecule has 2 nitrogen and oxygen atoms in total. The molecule has 0 spiro atoms. The topological polar surface area (TPSA) is 6.48 Å². The third-order valence-corrected chi connectivity index (χ3v) is 4.50. The Labute approximate surface area is 92.9 Å². The SMILES string of the molecule is CN1CCN(C[C@H]2C[C@@H]3C=C[C@H]2C3)CC1. The van der Waals surface area contributed by atoms with Crippen molar-refractivity contribution in [1.29, 1.82) is 0 Å². The molecular weight excluding hydrogens is 184 g/mol. The summed E-state index contributed by atoms with van der Waals surface area (Å²) in [5, 5.41) is 0. The zero-order chi connectivity index (χ0) is 10.3. The van der Waals surface area contributed by atoms with Crippen LogP contribution < -0.4 is 0 Å². The van der Waals surface area contributed by atoms with E-state index in [2.05, 4.69) is 29.0 Å². The van der Waals surface area contributed by atoms with Gasteiger partial charge in [-0.15, -0.1) is 0 Å². The number of rotatable bonds is 2. The van der Waals surface area contributed by atoms with Crippen molar-refractivity contribution < 1.29 is 0 Å². The summed E-state index contributed by atoms with van der Waals surface area (Å²) in [4.78, 5) is 5.12. The maximum atomic E-state index is 2.68. The largest absolute Gasteiger partial charge is 0.304 e. The highest BCUT2D eigenvalue weighted by Crippen LogP contribution is 2.43. The maximum absolute atomic E-state index is 2.68. The standard InChI is InChI=1S/C13H22N2/c1-14-4-6-15(7-5-14)10-13-9-11-2-3-12(13)8-11/h2-3,11-13H,4-10H2,1H3/t11-,12+,13-/m1/s1. The molecule has 3 atom stereocenters. The summed E-state index contributed by atoms with van der Waals surface area (Å²) < 4.78 is 0. The van der Waals surface area contributed by atoms with E-state index in [0.717, 1.165) is 17.8 Å². The second kappa shape index (κ2) is 3.91. The van der Waals surface area contributed by atoms with E-state index < -0.39 is 0 Å². The third kappa shape index (κ3) is 1.98. The molecule has 84 valence electrons. The fourth-order valence-electron chi connectivity index (χ4n) is 3.47. The van der Waals surface area contributed by atoms with Crippen LogP contribution in [0.15, 0.2) is 12.2 Å². The van der Waals surface area contributed by atoms with Crippen molar-refractivity contribution in [3.05, 3.63) is 12.2 Å². The second-order valence-corrected chi connectivity index (χ2v) is 5.64. The number of hydrogen-bond acceptors (Lipinski definition) is 2. The van der Waals surface area contributed by atoms with Gasteiger partial charge in [-0.1, -0.05) is 12.2 Å². The summed E-state index contributed by atoms with van der Waals surface area (Å²) in [6.45, 7) is 6.45. The van der Waals surface area contributed by atoms with E-state index in [-0.39, 0.29) is 0 Å². The molecule has 0 aromatic carbocycles. The average Bonchev–Trinajstić information content (AvgIpc) is 2.83. The van der Waals surface area contributed by atoms with E-state index in [1.54, 1.807) is 0 Å². The van der Waals surface area contributed by atoms with E-state index >= 15 is 0 Å². The number of hydrogen-bond donors (Lipinski definition) is 0. The molecule has 0 N–H and O–H groups in total. The Morgan fingerprint density at radius 3 is 2.47 bits per heavy atom. The van der Waals surface area contributed by atoms with Crippen molar-refractivity contribution in [2.45, 2.75) is 12.8 Å². The van der Waals surface area contributed by atoms with Gasteiger partial charge in [0.2, 0.25) is 0 Å². The summed E-state index contributed by atoms with van der Waals surface area (Å²) >= 11 is 0. The lowest BCUT2D eigenvalue weighted by atomic mass is 9.93. The molecule has 1 heterocycles. The smallest absolute Gasteiger partial charge is 0.0110 e. The van der Waals surface area contributed by atoms with Crippen molar-refractivity contribution in [3.8, 4) is 0 Å². The van der Waals surface area contributed by atoms with Crippen LogP contribution in [0.2, 0.25) is 0 Å². The molecule has 0 aromatic rings. The van der Waals surface area contributed by atoms with Crippen LogP contribution in [-0.2, 0) is 0 Å². The van der Waals surface area contributed by atoms with Crippen LogP contribution in [-0.4, -0.2) is 49.6 Å². The molecule has 1 saturated heterocycles. The fourth-order valence-corrected chi connectivity index (χ4v) is 3.47. The van der Waals surface area contributed by atoms with Gasteiger partial charge in [-0.25, -0.2) is 0 Å². The van der Waals surface area contributed by atoms with Crippen LogP contribution in [0.1, 0.15) is 12.8 Å². The Bertz CT molecular complexity index is 253. The van der Waals surface area contributed by atoms with Crippen molar-refractivity contribution in [2.75, 3.05) is 39.8 Å². The Morgan fingerprint density at radius 2 is 1.87 bits per heavy atom. The Morgan fingerprint density at radius 1 is 1.07 bits per heavy atom. The Hall–Kier alpha value is -0.340. The molecule has 0 aromatic heterocycles. The van der Waals surface area contributed by atoms with Crippen LogP contribution in [0, 0.1) is 17.8 Å². The first kappa shape index (κ1) is 9.86. The van der Waals surface area contributed by atoms with Gasteiger partial charge in [0.15, 0.2) is 0 Å². The van der Waals surface area contributed by atoms with Crippen molar-refractivity contribution in [2.24, 2.45) is 17.8 Å². The second-order valence-electron chi connectivity index (χ2n) is 5.64. The van der Waals surface area contributed by atoms with Crippen LogP contribution >= 0.6 is 0 Å². The Kier molecular flexibility index (Phi) is 2.57. The van der Waals surface area contributed by atoms with Gasteiger partial charge in [-0.3, -0.25) is 0 Å². The molecule has 2 fully saturated rings. The van der Waals surface area contributed by atoms with Gasteiger partial charge in [0.1, 0.15) is 0 Å². The van der Waals surface area contributed by atoms with Gasteiger partial charge in [-0.2, -0.15) is 0 Å². The molecule has 3 rings (SSSR count). The number of fused-ring (bicyclic) bond motifs is 2. The van der Waals surface area contributed by atoms with E-state index in [4.69, 9.17) is 0 Å². The molecule has 2 bridgehead atoms. The molecule has 0 radical (unpaired) electrons. The van der Waals surface area contributed by atoms with Gasteiger partial charge in [0.05, 0.1) is 0 Å². The first-order valence-electron chi connectivity index (χ1n) is 6.40. The number of piperazine rings is 1. The molecule has 2 heteroatoms. The monoisotopic (exact) mass is 206 g/mol. The number of nitrogens with zero attached hydrogens (tertiary/aromatic N) is 2. The zero-order valence-electron chi connectivity index (χ0n) is 9.73. The van der Waals surface area contributed by atoms with Crippen LogP contribution in [0.3, 0.4) is 0 Å². The molecule has 15 heavy (non-hydrogen) atoms. The molecule has 2 aliphatic carbocycles. The van der Waals surface area contributed by atoms with E-state index in [1.165, 1.54) is 45.6 Å². The predicted octanol–water partition coefficient (Wildman–Crippen LogP) is 1.45. The summed E-state index contributed by atoms with van der Waals surface area (Å²) in [6.07, 6.45) is 7.85. The first-order chi connectivity index (χ1) is 7.31. The summed E-state index contributed by atoms with van der Waals surface area (Å²) in [5.41, 5.74) is 0. The summed E-state index contributed by atoms with van der Waals surface area (Å²) in [5.74, 6) is 2.84. The minimum absolute atomic E-state index is 0.926. The quantitative estimate of drug-likeness (QED) is 0.631. The van der Waals surface area contributed by atoms with E-state index in [9.17, 15) is 0 Å².